The molecule has 3 aliphatic rings. The maximum atomic E-state index is 13.0. The van der Waals surface area contributed by atoms with Crippen molar-refractivity contribution in [3.63, 3.8) is 0 Å². The summed E-state index contributed by atoms with van der Waals surface area (Å²) in [5.41, 5.74) is 12.0. The van der Waals surface area contributed by atoms with Crippen molar-refractivity contribution in [2.45, 2.75) is 41.2 Å². The summed E-state index contributed by atoms with van der Waals surface area (Å²) in [6.45, 7) is 0.653. The van der Waals surface area contributed by atoms with Crippen molar-refractivity contribution < 1.29 is 21.9 Å². The Balaban J connectivity index is 1.82. The quantitative estimate of drug-likeness (QED) is 0.280. The van der Waals surface area contributed by atoms with Gasteiger partial charge >= 0.3 is 0 Å². The Labute approximate surface area is 192 Å². The topological polar surface area (TPSA) is 219 Å². The molecule has 0 aromatic heterocycles. The minimum Gasteiger partial charge on any atom is -0.390 e. The van der Waals surface area contributed by atoms with Crippen LogP contribution < -0.4 is 26.2 Å². The van der Waals surface area contributed by atoms with Crippen LogP contribution in [0.2, 0.25) is 0 Å². The Hall–Kier alpha value is -2.01. The van der Waals surface area contributed by atoms with Gasteiger partial charge in [0.15, 0.2) is 12.5 Å². The molecule has 13 nitrogen and oxygen atoms in total. The molecule has 1 saturated carbocycles. The van der Waals surface area contributed by atoms with Gasteiger partial charge in [-0.1, -0.05) is 0 Å². The van der Waals surface area contributed by atoms with Gasteiger partial charge in [0, 0.05) is 37.9 Å². The van der Waals surface area contributed by atoms with E-state index in [1.807, 2.05) is 4.90 Å². The zero-order valence-corrected chi connectivity index (χ0v) is 19.5. The Morgan fingerprint density at radius 2 is 1.91 bits per heavy atom. The van der Waals surface area contributed by atoms with Crippen LogP contribution in [0.1, 0.15) is 24.8 Å². The first kappa shape index (κ1) is 24.1. The van der Waals surface area contributed by atoms with Gasteiger partial charge in [-0.2, -0.15) is 5.11 Å². The first-order chi connectivity index (χ1) is 15.5. The fourth-order valence-corrected chi connectivity index (χ4v) is 7.07. The average Bonchev–Trinajstić information content (AvgIpc) is 3.16. The molecule has 1 aliphatic carbocycles. The largest absolute Gasteiger partial charge is 0.390 e. The number of hydrogen-bond acceptors (Lipinski definition) is 11. The van der Waals surface area contributed by atoms with Crippen molar-refractivity contribution in [1.82, 2.24) is 4.72 Å². The second-order valence-corrected chi connectivity index (χ2v) is 11.8. The Bertz CT molecular complexity index is 1210. The molecule has 182 valence electrons. The molecule has 1 spiro atoms. The molecule has 2 atom stereocenters. The summed E-state index contributed by atoms with van der Waals surface area (Å²) >= 11 is 0. The molecule has 1 aromatic rings. The number of rotatable bonds is 8. The normalized spacial score (nSPS) is 23.1. The van der Waals surface area contributed by atoms with Crippen LogP contribution in [0.25, 0.3) is 0 Å². The number of piperidine rings is 1. The molecule has 1 saturated heterocycles. The predicted molar refractivity (Wildman–Crippen MR) is 121 cm³/mol. The number of anilines is 1. The molecule has 8 N–H and O–H groups in total. The number of amidine groups is 1. The molecule has 2 heterocycles. The van der Waals surface area contributed by atoms with Crippen LogP contribution in [0.4, 0.5) is 5.69 Å². The van der Waals surface area contributed by atoms with E-state index in [9.17, 15) is 21.9 Å². The average molecular weight is 501 g/mol. The minimum atomic E-state index is -4.54. The van der Waals surface area contributed by atoms with Crippen molar-refractivity contribution in [2.24, 2.45) is 37.2 Å². The van der Waals surface area contributed by atoms with E-state index in [1.54, 1.807) is 0 Å². The fourth-order valence-electron chi connectivity index (χ4n) is 4.40. The van der Waals surface area contributed by atoms with E-state index in [0.29, 0.717) is 18.8 Å². The molecule has 2 fully saturated rings. The van der Waals surface area contributed by atoms with Crippen molar-refractivity contribution in [2.75, 3.05) is 37.7 Å². The monoisotopic (exact) mass is 500 g/mol. The first-order valence-electron chi connectivity index (χ1n) is 10.5. The maximum absolute atomic E-state index is 13.0. The number of nitrogens with zero attached hydrogens (tertiary/aromatic N) is 4. The van der Waals surface area contributed by atoms with Crippen molar-refractivity contribution in [3.8, 4) is 0 Å². The Kier molecular flexibility index (Phi) is 6.32. The fraction of sp³-hybridized carbons (Fsp3) is 0.611. The van der Waals surface area contributed by atoms with Crippen LogP contribution in [0, 0.1) is 5.41 Å². The smallest absolute Gasteiger partial charge is 0.242 e. The maximum Gasteiger partial charge on any atom is 0.242 e. The van der Waals surface area contributed by atoms with E-state index in [0.717, 1.165) is 19.3 Å². The van der Waals surface area contributed by atoms with E-state index in [-0.39, 0.29) is 36.1 Å². The van der Waals surface area contributed by atoms with Gasteiger partial charge in [0.1, 0.15) is 9.79 Å². The van der Waals surface area contributed by atoms with E-state index in [2.05, 4.69) is 19.9 Å². The van der Waals surface area contributed by atoms with Gasteiger partial charge in [-0.25, -0.2) is 31.7 Å². The highest BCUT2D eigenvalue weighted by Crippen LogP contribution is 2.53. The number of nitrogens with two attached hydrogens (primary N) is 3. The zero-order valence-electron chi connectivity index (χ0n) is 17.9. The molecular formula is C18H28N8O5S2. The highest BCUT2D eigenvalue weighted by Gasteiger charge is 2.53. The summed E-state index contributed by atoms with van der Waals surface area (Å²) in [5, 5.41) is 22.9. The number of nitrogens with one attached hydrogen (secondary N) is 1. The summed E-state index contributed by atoms with van der Waals surface area (Å²) in [5.74, 6) is -0.00326. The number of benzene rings is 1. The summed E-state index contributed by atoms with van der Waals surface area (Å²) < 4.78 is 53.6. The van der Waals surface area contributed by atoms with Gasteiger partial charge < -0.3 is 21.5 Å². The van der Waals surface area contributed by atoms with Gasteiger partial charge in [0.05, 0.1) is 11.7 Å². The summed E-state index contributed by atoms with van der Waals surface area (Å²) in [7, 11) is -8.93. The molecule has 2 aliphatic heterocycles. The van der Waals surface area contributed by atoms with Crippen LogP contribution in [-0.2, 0) is 20.0 Å². The van der Waals surface area contributed by atoms with E-state index in [4.69, 9.17) is 16.6 Å². The third-order valence-corrected chi connectivity index (χ3v) is 9.07. The Morgan fingerprint density at radius 3 is 2.42 bits per heavy atom. The van der Waals surface area contributed by atoms with Gasteiger partial charge in [-0.3, -0.25) is 0 Å². The van der Waals surface area contributed by atoms with Gasteiger partial charge in [-0.15, -0.1) is 5.11 Å². The highest BCUT2D eigenvalue weighted by molar-refractivity contribution is 7.92. The number of hydrogen-bond donors (Lipinski definition) is 5. The number of primary sulfonamides is 1. The lowest BCUT2D eigenvalue weighted by molar-refractivity contribution is 0.186. The first-order valence-corrected chi connectivity index (χ1v) is 13.5. The molecule has 0 bridgehead atoms. The van der Waals surface area contributed by atoms with E-state index in [1.165, 1.54) is 12.1 Å². The number of sulfonamides is 2. The number of azo groups is 1. The molecule has 4 rings (SSSR count). The van der Waals surface area contributed by atoms with Crippen LogP contribution in [0.15, 0.2) is 37.1 Å². The van der Waals surface area contributed by atoms with Crippen LogP contribution in [0.5, 0.6) is 0 Å². The number of aliphatic hydroxyl groups is 1. The molecule has 33 heavy (non-hydrogen) atoms. The van der Waals surface area contributed by atoms with E-state index >= 15 is 0 Å². The highest BCUT2D eigenvalue weighted by atomic mass is 32.2. The second-order valence-electron chi connectivity index (χ2n) is 8.60. The lowest BCUT2D eigenvalue weighted by atomic mass is 9.92. The molecule has 0 radical (unpaired) electrons. The summed E-state index contributed by atoms with van der Waals surface area (Å²) in [4.78, 5) is 4.94. The molecule has 1 unspecified atom stereocenters. The van der Waals surface area contributed by atoms with E-state index < -0.39 is 42.5 Å². The lowest BCUT2D eigenvalue weighted by Gasteiger charge is -2.35. The van der Waals surface area contributed by atoms with Crippen molar-refractivity contribution in [1.29, 1.82) is 0 Å². The van der Waals surface area contributed by atoms with Crippen LogP contribution >= 0.6 is 0 Å². The van der Waals surface area contributed by atoms with Crippen LogP contribution in [-0.4, -0.2) is 72.8 Å². The van der Waals surface area contributed by atoms with Gasteiger partial charge in [0.2, 0.25) is 20.0 Å². The van der Waals surface area contributed by atoms with Crippen LogP contribution in [0.3, 0.4) is 0 Å². The summed E-state index contributed by atoms with van der Waals surface area (Å²) in [6, 6.07) is 2.89. The zero-order chi connectivity index (χ0) is 24.0. The van der Waals surface area contributed by atoms with Crippen molar-refractivity contribution >= 4 is 31.6 Å². The molecule has 15 heteroatoms. The van der Waals surface area contributed by atoms with Crippen molar-refractivity contribution in [3.05, 3.63) is 17.7 Å². The number of aliphatic hydroxyl groups excluding tert-OH is 1. The van der Waals surface area contributed by atoms with Gasteiger partial charge in [0.25, 0.3) is 0 Å². The predicted octanol–water partition coefficient (Wildman–Crippen LogP) is -1.58. The SMILES string of the molecule is NC[C@@H](O)CNS(=O)(=O)c1ccc(N2CCC3(CC2)CC3N)c(C2=NCN=N2)c1S(N)(=O)=O. The molecular weight excluding hydrogens is 472 g/mol. The second kappa shape index (κ2) is 8.65. The third-order valence-electron chi connectivity index (χ3n) is 6.48. The molecule has 0 amide bonds. The minimum absolute atomic E-state index is 0.00274. The molecule has 1 aromatic carbocycles. The summed E-state index contributed by atoms with van der Waals surface area (Å²) in [6.07, 6.45) is 1.50. The lowest BCUT2D eigenvalue weighted by Crippen LogP contribution is -2.39. The third kappa shape index (κ3) is 4.66. The van der Waals surface area contributed by atoms with Gasteiger partial charge in [-0.05, 0) is 36.8 Å². The standard InChI is InChI=1S/C18H28N8O5S2/c19-8-11(27)9-24-33(30,31)13-2-1-12(26-5-3-18(4-6-26)7-14(18)20)15(16(13)32(21,28)29)17-22-10-23-25-17/h1-2,11,14,24,27H,3-10,19-20H2,(H2,21,28,29)/t11-,14?/m1/s1. The number of aliphatic imine (C=N–C) groups is 1. The Morgan fingerprint density at radius 1 is 1.24 bits per heavy atom.